The summed E-state index contributed by atoms with van der Waals surface area (Å²) >= 11 is 3.45. The van der Waals surface area contributed by atoms with Crippen LogP contribution in [0.5, 0.6) is 0 Å². The molecule has 1 aliphatic rings. The number of benzene rings is 1. The summed E-state index contributed by atoms with van der Waals surface area (Å²) in [6.45, 7) is 6.84. The largest absolute Gasteiger partial charge is 0.325 e. The van der Waals surface area contributed by atoms with Crippen molar-refractivity contribution in [3.05, 3.63) is 28.7 Å². The van der Waals surface area contributed by atoms with Crippen LogP contribution < -0.4 is 11.1 Å². The first kappa shape index (κ1) is 19.4. The number of halogens is 2. The minimum absolute atomic E-state index is 0. The molecule has 0 saturated carbocycles. The van der Waals surface area contributed by atoms with E-state index in [1.54, 1.807) is 0 Å². The van der Waals surface area contributed by atoms with Gasteiger partial charge in [-0.15, -0.1) is 12.4 Å². The highest BCUT2D eigenvalue weighted by atomic mass is 79.9. The van der Waals surface area contributed by atoms with Gasteiger partial charge in [0.1, 0.15) is 0 Å². The van der Waals surface area contributed by atoms with Gasteiger partial charge in [0.25, 0.3) is 0 Å². The third kappa shape index (κ3) is 5.88. The Morgan fingerprint density at radius 3 is 2.50 bits per heavy atom. The maximum Gasteiger partial charge on any atom is 0.227 e. The van der Waals surface area contributed by atoms with Gasteiger partial charge in [-0.25, -0.2) is 0 Å². The number of piperidine rings is 1. The first-order chi connectivity index (χ1) is 9.85. The molecule has 0 bridgehead atoms. The standard InChI is InChI=1S/C16H24BrN3O.ClH/c1-16(2,18)11-20-9-7-12(8-10-20)15(21)19-14-6-4-3-5-13(14)17;/h3-6,12H,7-11,18H2,1-2H3,(H,19,21);1H. The lowest BCUT2D eigenvalue weighted by Crippen LogP contribution is -2.48. The second-order valence-electron chi connectivity index (χ2n) is 6.51. The Hall–Kier alpha value is -0.620. The van der Waals surface area contributed by atoms with Gasteiger partial charge in [-0.2, -0.15) is 0 Å². The predicted octanol–water partition coefficient (Wildman–Crippen LogP) is 3.26. The molecule has 2 rings (SSSR count). The zero-order chi connectivity index (χ0) is 15.5. The molecule has 1 heterocycles. The summed E-state index contributed by atoms with van der Waals surface area (Å²) in [6.07, 6.45) is 1.79. The van der Waals surface area contributed by atoms with Crippen molar-refractivity contribution in [3.63, 3.8) is 0 Å². The van der Waals surface area contributed by atoms with Gasteiger partial charge in [0.05, 0.1) is 5.69 Å². The lowest BCUT2D eigenvalue weighted by Gasteiger charge is -2.35. The maximum atomic E-state index is 12.3. The average Bonchev–Trinajstić information content (AvgIpc) is 2.40. The quantitative estimate of drug-likeness (QED) is 0.829. The Morgan fingerprint density at radius 1 is 1.36 bits per heavy atom. The number of para-hydroxylation sites is 1. The topological polar surface area (TPSA) is 58.4 Å². The van der Waals surface area contributed by atoms with Gasteiger partial charge >= 0.3 is 0 Å². The lowest BCUT2D eigenvalue weighted by atomic mass is 9.94. The SMILES string of the molecule is CC(C)(N)CN1CCC(C(=O)Nc2ccccc2Br)CC1.Cl. The highest BCUT2D eigenvalue weighted by Gasteiger charge is 2.27. The van der Waals surface area contributed by atoms with Crippen LogP contribution in [0.1, 0.15) is 26.7 Å². The molecule has 0 spiro atoms. The second kappa shape index (κ2) is 8.29. The van der Waals surface area contributed by atoms with Crippen molar-refractivity contribution in [1.82, 2.24) is 4.90 Å². The van der Waals surface area contributed by atoms with Crippen molar-refractivity contribution in [1.29, 1.82) is 0 Å². The molecule has 1 aliphatic heterocycles. The summed E-state index contributed by atoms with van der Waals surface area (Å²) in [7, 11) is 0. The van der Waals surface area contributed by atoms with Crippen LogP contribution in [-0.2, 0) is 4.79 Å². The fourth-order valence-corrected chi connectivity index (χ4v) is 3.11. The first-order valence-corrected chi connectivity index (χ1v) is 8.21. The van der Waals surface area contributed by atoms with Crippen LogP contribution in [0.3, 0.4) is 0 Å². The summed E-state index contributed by atoms with van der Waals surface area (Å²) in [4.78, 5) is 14.7. The Labute approximate surface area is 147 Å². The number of anilines is 1. The molecule has 3 N–H and O–H groups in total. The van der Waals surface area contributed by atoms with Crippen LogP contribution in [0.25, 0.3) is 0 Å². The number of hydrogen-bond donors (Lipinski definition) is 2. The Morgan fingerprint density at radius 2 is 1.95 bits per heavy atom. The molecule has 0 aliphatic carbocycles. The number of nitrogens with two attached hydrogens (primary N) is 1. The monoisotopic (exact) mass is 389 g/mol. The molecule has 0 atom stereocenters. The maximum absolute atomic E-state index is 12.3. The van der Waals surface area contributed by atoms with Crippen molar-refractivity contribution < 1.29 is 4.79 Å². The summed E-state index contributed by atoms with van der Waals surface area (Å²) < 4.78 is 0.917. The van der Waals surface area contributed by atoms with E-state index in [4.69, 9.17) is 5.73 Å². The molecular formula is C16H25BrClN3O. The molecule has 4 nitrogen and oxygen atoms in total. The van der Waals surface area contributed by atoms with Gasteiger partial charge in [-0.3, -0.25) is 4.79 Å². The first-order valence-electron chi connectivity index (χ1n) is 7.42. The van der Waals surface area contributed by atoms with E-state index >= 15 is 0 Å². The third-order valence-corrected chi connectivity index (χ3v) is 4.41. The van der Waals surface area contributed by atoms with Gasteiger partial charge < -0.3 is 16.0 Å². The molecule has 22 heavy (non-hydrogen) atoms. The van der Waals surface area contributed by atoms with Gasteiger partial charge in [0.2, 0.25) is 5.91 Å². The van der Waals surface area contributed by atoms with Crippen LogP contribution in [0, 0.1) is 5.92 Å². The fourth-order valence-electron chi connectivity index (χ4n) is 2.73. The molecule has 0 unspecified atom stereocenters. The van der Waals surface area contributed by atoms with Crippen LogP contribution in [0.4, 0.5) is 5.69 Å². The number of hydrogen-bond acceptors (Lipinski definition) is 3. The number of rotatable bonds is 4. The molecule has 1 amide bonds. The van der Waals surface area contributed by atoms with E-state index in [2.05, 4.69) is 26.1 Å². The molecule has 1 aromatic rings. The smallest absolute Gasteiger partial charge is 0.227 e. The molecule has 1 fully saturated rings. The number of carbonyl (C=O) groups is 1. The zero-order valence-electron chi connectivity index (χ0n) is 13.1. The predicted molar refractivity (Wildman–Crippen MR) is 97.5 cm³/mol. The summed E-state index contributed by atoms with van der Waals surface area (Å²) in [5.41, 5.74) is 6.72. The number of amides is 1. The minimum Gasteiger partial charge on any atom is -0.325 e. The van der Waals surface area contributed by atoms with Crippen molar-refractivity contribution in [2.24, 2.45) is 11.7 Å². The molecule has 1 saturated heterocycles. The van der Waals surface area contributed by atoms with Crippen molar-refractivity contribution in [2.45, 2.75) is 32.2 Å². The highest BCUT2D eigenvalue weighted by Crippen LogP contribution is 2.24. The van der Waals surface area contributed by atoms with E-state index < -0.39 is 0 Å². The van der Waals surface area contributed by atoms with Crippen molar-refractivity contribution in [2.75, 3.05) is 25.0 Å². The van der Waals surface area contributed by atoms with E-state index in [1.807, 2.05) is 38.1 Å². The van der Waals surface area contributed by atoms with Crippen LogP contribution >= 0.6 is 28.3 Å². The summed E-state index contributed by atoms with van der Waals surface area (Å²) in [6, 6.07) is 7.70. The van der Waals surface area contributed by atoms with Crippen LogP contribution in [-0.4, -0.2) is 36.0 Å². The molecule has 0 radical (unpaired) electrons. The van der Waals surface area contributed by atoms with Crippen molar-refractivity contribution >= 4 is 39.9 Å². The van der Waals surface area contributed by atoms with Gasteiger partial charge in [0.15, 0.2) is 0 Å². The van der Waals surface area contributed by atoms with Gasteiger partial charge in [-0.05, 0) is 67.8 Å². The fraction of sp³-hybridized carbons (Fsp3) is 0.562. The second-order valence-corrected chi connectivity index (χ2v) is 7.36. The lowest BCUT2D eigenvalue weighted by molar-refractivity contribution is -0.121. The molecule has 1 aromatic carbocycles. The number of carbonyl (C=O) groups excluding carboxylic acids is 1. The Bertz CT molecular complexity index is 496. The minimum atomic E-state index is -0.177. The third-order valence-electron chi connectivity index (χ3n) is 3.72. The van der Waals surface area contributed by atoms with Gasteiger partial charge in [0, 0.05) is 22.5 Å². The van der Waals surface area contributed by atoms with Gasteiger partial charge in [-0.1, -0.05) is 12.1 Å². The number of likely N-dealkylation sites (tertiary alicyclic amines) is 1. The van der Waals surface area contributed by atoms with E-state index in [0.717, 1.165) is 42.6 Å². The summed E-state index contributed by atoms with van der Waals surface area (Å²) in [5, 5.41) is 3.01. The average molecular weight is 391 g/mol. The van der Waals surface area contributed by atoms with E-state index in [9.17, 15) is 4.79 Å². The zero-order valence-corrected chi connectivity index (χ0v) is 15.5. The number of nitrogens with zero attached hydrogens (tertiary/aromatic N) is 1. The molecule has 0 aromatic heterocycles. The van der Waals surface area contributed by atoms with E-state index in [1.165, 1.54) is 0 Å². The number of nitrogens with one attached hydrogen (secondary N) is 1. The highest BCUT2D eigenvalue weighted by molar-refractivity contribution is 9.10. The normalized spacial score (nSPS) is 16.9. The van der Waals surface area contributed by atoms with E-state index in [0.29, 0.717) is 0 Å². The van der Waals surface area contributed by atoms with E-state index in [-0.39, 0.29) is 29.8 Å². The molecular weight excluding hydrogens is 366 g/mol. The molecule has 124 valence electrons. The Kier molecular flexibility index (Phi) is 7.32. The molecule has 6 heteroatoms. The van der Waals surface area contributed by atoms with Crippen LogP contribution in [0.2, 0.25) is 0 Å². The van der Waals surface area contributed by atoms with Crippen LogP contribution in [0.15, 0.2) is 28.7 Å². The summed E-state index contributed by atoms with van der Waals surface area (Å²) in [5.74, 6) is 0.211. The van der Waals surface area contributed by atoms with Crippen molar-refractivity contribution in [3.8, 4) is 0 Å². The Balaban J connectivity index is 0.00000242.